The fraction of sp³-hybridized carbons (Fsp3) is 0.350. The molecule has 1 atom stereocenters. The van der Waals surface area contributed by atoms with Gasteiger partial charge in [-0.1, -0.05) is 30.3 Å². The standard InChI is InChI=1S/C20H20N4S/c1-13(10-21)11-24(2)19-17-16(14-6-4-3-5-7-14)12-25-20(17)23-18(22-19)15-8-9-15/h3-7,12-13,15H,8-9,11H2,1-2H3/t13-/m1/s1. The van der Waals surface area contributed by atoms with E-state index >= 15 is 0 Å². The molecule has 4 nitrogen and oxygen atoms in total. The van der Waals surface area contributed by atoms with Crippen LogP contribution in [-0.2, 0) is 0 Å². The first kappa shape index (κ1) is 16.0. The van der Waals surface area contributed by atoms with Crippen molar-refractivity contribution >= 4 is 27.4 Å². The van der Waals surface area contributed by atoms with E-state index < -0.39 is 0 Å². The molecular formula is C20H20N4S. The van der Waals surface area contributed by atoms with E-state index in [2.05, 4.69) is 40.6 Å². The van der Waals surface area contributed by atoms with Gasteiger partial charge in [-0.3, -0.25) is 0 Å². The summed E-state index contributed by atoms with van der Waals surface area (Å²) in [6, 6.07) is 12.7. The maximum absolute atomic E-state index is 9.18. The minimum Gasteiger partial charge on any atom is -0.358 e. The molecule has 0 bridgehead atoms. The lowest BCUT2D eigenvalue weighted by atomic mass is 10.1. The first-order valence-corrected chi connectivity index (χ1v) is 9.50. The molecule has 1 aliphatic carbocycles. The number of aromatic nitrogens is 2. The van der Waals surface area contributed by atoms with Gasteiger partial charge in [0.2, 0.25) is 0 Å². The van der Waals surface area contributed by atoms with Gasteiger partial charge >= 0.3 is 0 Å². The van der Waals surface area contributed by atoms with Gasteiger partial charge in [-0.15, -0.1) is 11.3 Å². The number of thiophene rings is 1. The summed E-state index contributed by atoms with van der Waals surface area (Å²) in [4.78, 5) is 12.9. The molecule has 0 radical (unpaired) electrons. The van der Waals surface area contributed by atoms with Crippen molar-refractivity contribution in [3.05, 3.63) is 41.5 Å². The zero-order valence-corrected chi connectivity index (χ0v) is 15.3. The van der Waals surface area contributed by atoms with E-state index in [1.807, 2.05) is 20.0 Å². The minimum absolute atomic E-state index is 0.0433. The molecule has 0 saturated heterocycles. The first-order chi connectivity index (χ1) is 12.2. The molecule has 1 fully saturated rings. The fourth-order valence-electron chi connectivity index (χ4n) is 3.11. The predicted octanol–water partition coefficient (Wildman–Crippen LogP) is 4.83. The van der Waals surface area contributed by atoms with E-state index in [1.54, 1.807) is 11.3 Å². The van der Waals surface area contributed by atoms with Crippen molar-refractivity contribution in [3.8, 4) is 17.2 Å². The van der Waals surface area contributed by atoms with Crippen molar-refractivity contribution < 1.29 is 0 Å². The van der Waals surface area contributed by atoms with Crippen molar-refractivity contribution in [3.63, 3.8) is 0 Å². The van der Waals surface area contributed by atoms with E-state index in [0.717, 1.165) is 21.9 Å². The molecule has 2 heterocycles. The molecule has 1 aliphatic rings. The van der Waals surface area contributed by atoms with Crippen LogP contribution in [0.25, 0.3) is 21.3 Å². The Balaban J connectivity index is 1.88. The predicted molar refractivity (Wildman–Crippen MR) is 103 cm³/mol. The van der Waals surface area contributed by atoms with Gasteiger partial charge in [0.15, 0.2) is 0 Å². The lowest BCUT2D eigenvalue weighted by molar-refractivity contribution is 0.709. The summed E-state index contributed by atoms with van der Waals surface area (Å²) in [5, 5.41) is 12.5. The van der Waals surface area contributed by atoms with E-state index in [4.69, 9.17) is 9.97 Å². The van der Waals surface area contributed by atoms with Crippen molar-refractivity contribution in [2.45, 2.75) is 25.7 Å². The van der Waals surface area contributed by atoms with Crippen LogP contribution in [0.1, 0.15) is 31.5 Å². The quantitative estimate of drug-likeness (QED) is 0.662. The van der Waals surface area contributed by atoms with Crippen LogP contribution < -0.4 is 4.90 Å². The number of nitrogens with zero attached hydrogens (tertiary/aromatic N) is 4. The fourth-order valence-corrected chi connectivity index (χ4v) is 4.06. The molecule has 3 aromatic rings. The second-order valence-electron chi connectivity index (χ2n) is 6.79. The molecule has 5 heteroatoms. The van der Waals surface area contributed by atoms with E-state index in [0.29, 0.717) is 12.5 Å². The second kappa shape index (κ2) is 6.45. The molecule has 1 saturated carbocycles. The summed E-state index contributed by atoms with van der Waals surface area (Å²) in [6.07, 6.45) is 2.36. The van der Waals surface area contributed by atoms with Crippen LogP contribution in [-0.4, -0.2) is 23.6 Å². The van der Waals surface area contributed by atoms with Crippen molar-refractivity contribution in [1.29, 1.82) is 5.26 Å². The Morgan fingerprint density at radius 2 is 2.04 bits per heavy atom. The summed E-state index contributed by atoms with van der Waals surface area (Å²) < 4.78 is 0. The average Bonchev–Trinajstić information content (AvgIpc) is 3.40. The Kier molecular flexibility index (Phi) is 4.14. The molecule has 0 aliphatic heterocycles. The number of rotatable bonds is 5. The van der Waals surface area contributed by atoms with Gasteiger partial charge in [-0.25, -0.2) is 9.97 Å². The van der Waals surface area contributed by atoms with Gasteiger partial charge in [0, 0.05) is 30.5 Å². The zero-order chi connectivity index (χ0) is 17.4. The lowest BCUT2D eigenvalue weighted by Crippen LogP contribution is -2.25. The summed E-state index contributed by atoms with van der Waals surface area (Å²) in [5.74, 6) is 2.37. The van der Waals surface area contributed by atoms with Crippen LogP contribution in [0.3, 0.4) is 0 Å². The van der Waals surface area contributed by atoms with E-state index in [9.17, 15) is 5.26 Å². The molecule has 4 rings (SSSR count). The third-order valence-corrected chi connectivity index (χ3v) is 5.46. The maximum Gasteiger partial charge on any atom is 0.141 e. The van der Waals surface area contributed by atoms with Gasteiger partial charge in [-0.2, -0.15) is 5.26 Å². The highest BCUT2D eigenvalue weighted by Crippen LogP contribution is 2.43. The molecule has 126 valence electrons. The van der Waals surface area contributed by atoms with Gasteiger partial charge in [0.05, 0.1) is 17.4 Å². The van der Waals surface area contributed by atoms with Crippen LogP contribution in [0.5, 0.6) is 0 Å². The minimum atomic E-state index is -0.0433. The molecule has 1 aromatic carbocycles. The molecule has 2 aromatic heterocycles. The Morgan fingerprint density at radius 1 is 1.28 bits per heavy atom. The molecular weight excluding hydrogens is 328 g/mol. The average molecular weight is 348 g/mol. The van der Waals surface area contributed by atoms with E-state index in [-0.39, 0.29) is 5.92 Å². The Labute approximate surface area is 151 Å². The number of hydrogen-bond acceptors (Lipinski definition) is 5. The monoisotopic (exact) mass is 348 g/mol. The molecule has 0 unspecified atom stereocenters. The van der Waals surface area contributed by atoms with Crippen LogP contribution in [0.4, 0.5) is 5.82 Å². The van der Waals surface area contributed by atoms with E-state index in [1.165, 1.54) is 24.0 Å². The van der Waals surface area contributed by atoms with Crippen molar-refractivity contribution in [2.24, 2.45) is 5.92 Å². The first-order valence-electron chi connectivity index (χ1n) is 8.62. The number of fused-ring (bicyclic) bond motifs is 1. The summed E-state index contributed by atoms with van der Waals surface area (Å²) in [6.45, 7) is 2.61. The highest BCUT2D eigenvalue weighted by atomic mass is 32.1. The number of anilines is 1. The Hall–Kier alpha value is -2.45. The topological polar surface area (TPSA) is 52.8 Å². The van der Waals surface area contributed by atoms with Gasteiger partial charge in [-0.05, 0) is 25.3 Å². The van der Waals surface area contributed by atoms with Crippen molar-refractivity contribution in [2.75, 3.05) is 18.5 Å². The maximum atomic E-state index is 9.18. The largest absolute Gasteiger partial charge is 0.358 e. The summed E-state index contributed by atoms with van der Waals surface area (Å²) >= 11 is 1.68. The third kappa shape index (κ3) is 3.10. The van der Waals surface area contributed by atoms with Crippen LogP contribution in [0, 0.1) is 17.2 Å². The van der Waals surface area contributed by atoms with Crippen LogP contribution in [0.2, 0.25) is 0 Å². The molecule has 0 N–H and O–H groups in total. The number of hydrogen-bond donors (Lipinski definition) is 0. The highest BCUT2D eigenvalue weighted by Gasteiger charge is 2.29. The summed E-state index contributed by atoms with van der Waals surface area (Å²) in [7, 11) is 2.03. The third-order valence-electron chi connectivity index (χ3n) is 4.59. The lowest BCUT2D eigenvalue weighted by Gasteiger charge is -2.21. The molecule has 25 heavy (non-hydrogen) atoms. The molecule has 0 amide bonds. The highest BCUT2D eigenvalue weighted by molar-refractivity contribution is 7.17. The zero-order valence-electron chi connectivity index (χ0n) is 14.4. The van der Waals surface area contributed by atoms with Crippen molar-refractivity contribution in [1.82, 2.24) is 9.97 Å². The van der Waals surface area contributed by atoms with Crippen LogP contribution >= 0.6 is 11.3 Å². The second-order valence-corrected chi connectivity index (χ2v) is 7.64. The smallest absolute Gasteiger partial charge is 0.141 e. The summed E-state index contributed by atoms with van der Waals surface area (Å²) in [5.41, 5.74) is 2.36. The van der Waals surface area contributed by atoms with Crippen LogP contribution in [0.15, 0.2) is 35.7 Å². The Morgan fingerprint density at radius 3 is 2.72 bits per heavy atom. The van der Waals surface area contributed by atoms with Gasteiger partial charge in [0.25, 0.3) is 0 Å². The SMILES string of the molecule is C[C@H](C#N)CN(C)c1nc(C2CC2)nc2scc(-c3ccccc3)c12. The normalized spacial score (nSPS) is 15.1. The number of nitriles is 1. The van der Waals surface area contributed by atoms with Gasteiger partial charge < -0.3 is 4.90 Å². The number of benzene rings is 1. The Bertz CT molecular complexity index is 937. The van der Waals surface area contributed by atoms with Gasteiger partial charge in [0.1, 0.15) is 16.5 Å². The molecule has 0 spiro atoms.